The molecule has 0 spiro atoms. The monoisotopic (exact) mass is 300 g/mol. The van der Waals surface area contributed by atoms with Gasteiger partial charge < -0.3 is 10.2 Å². The molecule has 4 heteroatoms. The molecule has 0 amide bonds. The van der Waals surface area contributed by atoms with E-state index in [0.29, 0.717) is 5.75 Å². The summed E-state index contributed by atoms with van der Waals surface area (Å²) in [6.45, 7) is 12.3. The minimum absolute atomic E-state index is 0.0463. The minimum Gasteiger partial charge on any atom is -0.507 e. The highest BCUT2D eigenvalue weighted by atomic mass is 33.1. The zero-order valence-corrected chi connectivity index (χ0v) is 14.2. The average Bonchev–Trinajstić information content (AvgIpc) is 2.24. The van der Waals surface area contributed by atoms with Gasteiger partial charge in [0.15, 0.2) is 0 Å². The lowest BCUT2D eigenvalue weighted by Crippen LogP contribution is -2.19. The predicted molar refractivity (Wildman–Crippen MR) is 86.3 cm³/mol. The molecule has 2 nitrogen and oxygen atoms in total. The minimum atomic E-state index is -0.208. The summed E-state index contributed by atoms with van der Waals surface area (Å²) in [5.41, 5.74) is 2.18. The van der Waals surface area contributed by atoms with Gasteiger partial charge in [0.25, 0.3) is 0 Å². The molecule has 108 valence electrons. The van der Waals surface area contributed by atoms with E-state index in [-0.39, 0.29) is 17.4 Å². The van der Waals surface area contributed by atoms with E-state index in [0.717, 1.165) is 21.6 Å². The maximum atomic E-state index is 10.7. The van der Waals surface area contributed by atoms with Crippen molar-refractivity contribution < 1.29 is 10.2 Å². The van der Waals surface area contributed by atoms with E-state index in [1.807, 2.05) is 6.07 Å². The number of hydrogen-bond acceptors (Lipinski definition) is 4. The first-order valence-electron chi connectivity index (χ1n) is 6.36. The summed E-state index contributed by atoms with van der Waals surface area (Å²) in [5, 5.41) is 20.3. The van der Waals surface area contributed by atoms with Crippen molar-refractivity contribution in [1.29, 1.82) is 0 Å². The van der Waals surface area contributed by atoms with E-state index in [1.54, 1.807) is 0 Å². The lowest BCUT2D eigenvalue weighted by molar-refractivity contribution is 0.277. The molecule has 0 aliphatic heterocycles. The molecule has 1 rings (SSSR count). The van der Waals surface area contributed by atoms with Crippen LogP contribution in [0.3, 0.4) is 0 Å². The Morgan fingerprint density at radius 3 is 1.95 bits per heavy atom. The van der Waals surface area contributed by atoms with Crippen molar-refractivity contribution >= 4 is 22.5 Å². The Morgan fingerprint density at radius 1 is 1.11 bits per heavy atom. The molecule has 0 bridgehead atoms. The molecule has 19 heavy (non-hydrogen) atoms. The van der Waals surface area contributed by atoms with Gasteiger partial charge in [-0.25, -0.2) is 0 Å². The third-order valence-electron chi connectivity index (χ3n) is 3.15. The average molecular weight is 300 g/mol. The van der Waals surface area contributed by atoms with Gasteiger partial charge in [-0.1, -0.05) is 52.3 Å². The third-order valence-corrected chi connectivity index (χ3v) is 4.35. The molecule has 0 saturated carbocycles. The molecule has 1 aromatic carbocycles. The van der Waals surface area contributed by atoms with Crippen molar-refractivity contribution in [1.82, 2.24) is 0 Å². The van der Waals surface area contributed by atoms with Crippen molar-refractivity contribution in [2.45, 2.75) is 63.9 Å². The maximum Gasteiger partial charge on any atom is 0.124 e. The Bertz CT molecular complexity index is 469. The van der Waals surface area contributed by atoms with E-state index in [1.165, 1.54) is 10.8 Å². The highest BCUT2D eigenvalue weighted by molar-refractivity contribution is 8.68. The Labute approximate surface area is 125 Å². The van der Waals surface area contributed by atoms with Crippen LogP contribution in [-0.2, 0) is 17.4 Å². The lowest BCUT2D eigenvalue weighted by Gasteiger charge is -2.30. The van der Waals surface area contributed by atoms with Crippen LogP contribution < -0.4 is 0 Å². The summed E-state index contributed by atoms with van der Waals surface area (Å²) < 4.78 is 0. The molecule has 1 aromatic rings. The standard InChI is InChI=1S/C15H24O2S2/c1-14(2,3)10-7-9(8-16)13(19-18)11(12(10)17)15(4,5)6/h7,16-18H,8H2,1-6H3. The highest BCUT2D eigenvalue weighted by Gasteiger charge is 2.30. The number of phenolic OH excluding ortho intramolecular Hbond substituents is 1. The number of benzene rings is 1. The molecule has 0 aliphatic rings. The van der Waals surface area contributed by atoms with Gasteiger partial charge in [0.05, 0.1) is 6.61 Å². The molecule has 0 heterocycles. The van der Waals surface area contributed by atoms with E-state index in [4.69, 9.17) is 0 Å². The molecule has 0 fully saturated rings. The van der Waals surface area contributed by atoms with Crippen molar-refractivity contribution in [3.8, 4) is 5.75 Å². The van der Waals surface area contributed by atoms with Crippen LogP contribution in [0, 0.1) is 0 Å². The van der Waals surface area contributed by atoms with Crippen LogP contribution >= 0.6 is 22.5 Å². The number of aliphatic hydroxyl groups excluding tert-OH is 1. The van der Waals surface area contributed by atoms with Gasteiger partial charge >= 0.3 is 0 Å². The van der Waals surface area contributed by atoms with Crippen molar-refractivity contribution in [3.63, 3.8) is 0 Å². The van der Waals surface area contributed by atoms with Crippen LogP contribution in [0.2, 0.25) is 0 Å². The summed E-state index contributed by atoms with van der Waals surface area (Å²) in [7, 11) is 1.28. The SMILES string of the molecule is CC(C)(C)c1cc(CO)c(SS)c(C(C)(C)C)c1O. The Balaban J connectivity index is 3.76. The van der Waals surface area contributed by atoms with Gasteiger partial charge in [0.1, 0.15) is 5.75 Å². The molecule has 0 saturated heterocycles. The fourth-order valence-corrected chi connectivity index (χ4v) is 3.56. The van der Waals surface area contributed by atoms with E-state index < -0.39 is 0 Å². The Morgan fingerprint density at radius 2 is 1.63 bits per heavy atom. The fraction of sp³-hybridized carbons (Fsp3) is 0.600. The number of thiol groups is 1. The van der Waals surface area contributed by atoms with Crippen LogP contribution in [0.15, 0.2) is 11.0 Å². The van der Waals surface area contributed by atoms with Crippen LogP contribution in [0.4, 0.5) is 0 Å². The van der Waals surface area contributed by atoms with Crippen molar-refractivity contribution in [2.24, 2.45) is 0 Å². The van der Waals surface area contributed by atoms with Crippen molar-refractivity contribution in [2.75, 3.05) is 0 Å². The molecule has 0 unspecified atom stereocenters. The van der Waals surface area contributed by atoms with Crippen LogP contribution in [0.1, 0.15) is 58.2 Å². The Hall–Kier alpha value is -0.320. The Kier molecular flexibility index (Phi) is 4.92. The third kappa shape index (κ3) is 3.41. The van der Waals surface area contributed by atoms with Gasteiger partial charge in [-0.2, -0.15) is 0 Å². The van der Waals surface area contributed by atoms with Gasteiger partial charge in [-0.15, -0.1) is 11.7 Å². The van der Waals surface area contributed by atoms with Gasteiger partial charge in [-0.05, 0) is 28.0 Å². The molecule has 0 atom stereocenters. The van der Waals surface area contributed by atoms with Gasteiger partial charge in [0, 0.05) is 10.5 Å². The van der Waals surface area contributed by atoms with Crippen LogP contribution in [-0.4, -0.2) is 10.2 Å². The summed E-state index contributed by atoms with van der Waals surface area (Å²) in [6, 6.07) is 1.89. The number of aliphatic hydroxyl groups is 1. The number of rotatable bonds is 2. The molecule has 2 N–H and O–H groups in total. The lowest BCUT2D eigenvalue weighted by atomic mass is 9.78. The molecule has 0 aliphatic carbocycles. The summed E-state index contributed by atoms with van der Waals surface area (Å²) in [6.07, 6.45) is 0. The molecule has 0 radical (unpaired) electrons. The van der Waals surface area contributed by atoms with E-state index >= 15 is 0 Å². The van der Waals surface area contributed by atoms with Gasteiger partial charge in [-0.3, -0.25) is 0 Å². The second-order valence-corrected chi connectivity index (χ2v) is 8.02. The fourth-order valence-electron chi connectivity index (χ4n) is 2.20. The molecular weight excluding hydrogens is 276 g/mol. The first-order valence-corrected chi connectivity index (χ1v) is 8.23. The van der Waals surface area contributed by atoms with E-state index in [2.05, 4.69) is 53.2 Å². The maximum absolute atomic E-state index is 10.7. The van der Waals surface area contributed by atoms with E-state index in [9.17, 15) is 10.2 Å². The second kappa shape index (κ2) is 5.58. The smallest absolute Gasteiger partial charge is 0.124 e. The predicted octanol–water partition coefficient (Wildman–Crippen LogP) is 4.42. The van der Waals surface area contributed by atoms with Gasteiger partial charge in [0.2, 0.25) is 0 Å². The van der Waals surface area contributed by atoms with Crippen LogP contribution in [0.25, 0.3) is 0 Å². The van der Waals surface area contributed by atoms with Crippen LogP contribution in [0.5, 0.6) is 5.75 Å². The largest absolute Gasteiger partial charge is 0.507 e. The summed E-state index contributed by atoms with van der Waals surface area (Å²) in [4.78, 5) is 0.865. The number of hydrogen-bond donors (Lipinski definition) is 3. The molecule has 0 aromatic heterocycles. The molecular formula is C15H24O2S2. The first-order chi connectivity index (χ1) is 8.54. The zero-order valence-electron chi connectivity index (χ0n) is 12.5. The quantitative estimate of drug-likeness (QED) is 0.559. The summed E-state index contributed by atoms with van der Waals surface area (Å²) >= 11 is 4.28. The zero-order chi connectivity index (χ0) is 15.0. The topological polar surface area (TPSA) is 40.5 Å². The second-order valence-electron chi connectivity index (χ2n) is 6.89. The number of phenols is 1. The number of aromatic hydroxyl groups is 1. The highest BCUT2D eigenvalue weighted by Crippen LogP contribution is 2.46. The first kappa shape index (κ1) is 16.7. The normalized spacial score (nSPS) is 12.8. The van der Waals surface area contributed by atoms with Crippen molar-refractivity contribution in [3.05, 3.63) is 22.8 Å². The summed E-state index contributed by atoms with van der Waals surface area (Å²) in [5.74, 6) is 0.328.